The molecule has 3 N–H and O–H groups in total. The first kappa shape index (κ1) is 18.6. The zero-order valence-electron chi connectivity index (χ0n) is 15.9. The quantitative estimate of drug-likeness (QED) is 0.474. The molecule has 0 saturated carbocycles. The van der Waals surface area contributed by atoms with Crippen LogP contribution in [0.25, 0.3) is 10.9 Å². The molecule has 4 aromatic rings. The van der Waals surface area contributed by atoms with Gasteiger partial charge < -0.3 is 20.0 Å². The second-order valence-electron chi connectivity index (χ2n) is 6.74. The number of para-hydroxylation sites is 1. The number of methoxy groups -OCH3 is 1. The summed E-state index contributed by atoms with van der Waals surface area (Å²) in [5.41, 5.74) is 3.11. The van der Waals surface area contributed by atoms with E-state index in [0.717, 1.165) is 22.0 Å². The molecule has 2 heterocycles. The summed E-state index contributed by atoms with van der Waals surface area (Å²) in [6.45, 7) is 0.388. The molecule has 1 amide bonds. The van der Waals surface area contributed by atoms with Gasteiger partial charge >= 0.3 is 0 Å². The lowest BCUT2D eigenvalue weighted by atomic mass is 9.91. The number of hydrogen-bond donors (Lipinski definition) is 3. The molecule has 0 fully saturated rings. The third kappa shape index (κ3) is 3.78. The van der Waals surface area contributed by atoms with Gasteiger partial charge in [-0.05, 0) is 17.2 Å². The average Bonchev–Trinajstić information content (AvgIpc) is 3.18. The molecule has 0 aliphatic heterocycles. The number of carbonyl (C=O) groups is 1. The second kappa shape index (κ2) is 8.06. The largest absolute Gasteiger partial charge is 0.491 e. The number of pyridine rings is 1. The first-order chi connectivity index (χ1) is 14.2. The maximum atomic E-state index is 12.6. The van der Waals surface area contributed by atoms with Gasteiger partial charge in [-0.2, -0.15) is 0 Å². The number of H-pyrrole nitrogens is 2. The van der Waals surface area contributed by atoms with Crippen molar-refractivity contribution in [3.63, 3.8) is 0 Å². The Labute approximate surface area is 167 Å². The van der Waals surface area contributed by atoms with E-state index in [2.05, 4.69) is 21.4 Å². The van der Waals surface area contributed by atoms with Gasteiger partial charge in [-0.15, -0.1) is 0 Å². The molecule has 6 nitrogen and oxygen atoms in total. The van der Waals surface area contributed by atoms with Crippen LogP contribution in [0.3, 0.4) is 0 Å². The summed E-state index contributed by atoms with van der Waals surface area (Å²) in [7, 11) is 1.41. The summed E-state index contributed by atoms with van der Waals surface area (Å²) in [6, 6.07) is 19.4. The van der Waals surface area contributed by atoms with Gasteiger partial charge in [0.15, 0.2) is 5.75 Å². The highest BCUT2D eigenvalue weighted by molar-refractivity contribution is 5.92. The third-order valence-electron chi connectivity index (χ3n) is 5.01. The maximum absolute atomic E-state index is 12.6. The molecule has 0 radical (unpaired) electrons. The number of hydrogen-bond acceptors (Lipinski definition) is 3. The highest BCUT2D eigenvalue weighted by Gasteiger charge is 2.19. The van der Waals surface area contributed by atoms with Crippen molar-refractivity contribution in [1.82, 2.24) is 15.3 Å². The lowest BCUT2D eigenvalue weighted by Crippen LogP contribution is -2.30. The molecular weight excluding hydrogens is 366 g/mol. The fourth-order valence-corrected chi connectivity index (χ4v) is 3.51. The van der Waals surface area contributed by atoms with E-state index in [0.29, 0.717) is 6.54 Å². The van der Waals surface area contributed by atoms with E-state index in [1.54, 1.807) is 0 Å². The van der Waals surface area contributed by atoms with E-state index in [-0.39, 0.29) is 28.7 Å². The minimum absolute atomic E-state index is 0.0405. The van der Waals surface area contributed by atoms with Gasteiger partial charge in [-0.3, -0.25) is 9.59 Å². The minimum atomic E-state index is -0.342. The zero-order chi connectivity index (χ0) is 20.2. The van der Waals surface area contributed by atoms with Crippen molar-refractivity contribution >= 4 is 16.8 Å². The molecule has 2 aromatic heterocycles. The Morgan fingerprint density at radius 3 is 2.55 bits per heavy atom. The first-order valence-electron chi connectivity index (χ1n) is 9.33. The van der Waals surface area contributed by atoms with Gasteiger partial charge in [0.2, 0.25) is 5.43 Å². The Hall–Kier alpha value is -3.80. The predicted octanol–water partition coefficient (Wildman–Crippen LogP) is 3.43. The van der Waals surface area contributed by atoms with E-state index < -0.39 is 0 Å². The van der Waals surface area contributed by atoms with Crippen molar-refractivity contribution in [2.45, 2.75) is 5.92 Å². The number of ether oxygens (including phenoxy) is 1. The molecule has 4 rings (SSSR count). The van der Waals surface area contributed by atoms with Crippen LogP contribution < -0.4 is 15.5 Å². The van der Waals surface area contributed by atoms with E-state index in [1.165, 1.54) is 19.4 Å². The Balaban J connectivity index is 1.62. The lowest BCUT2D eigenvalue weighted by molar-refractivity contribution is 0.0947. The normalized spacial score (nSPS) is 11.9. The van der Waals surface area contributed by atoms with Gasteiger partial charge in [-0.1, -0.05) is 48.5 Å². The molecule has 29 heavy (non-hydrogen) atoms. The molecule has 0 aliphatic rings. The predicted molar refractivity (Wildman–Crippen MR) is 113 cm³/mol. The lowest BCUT2D eigenvalue weighted by Gasteiger charge is -2.18. The zero-order valence-corrected chi connectivity index (χ0v) is 15.9. The van der Waals surface area contributed by atoms with Gasteiger partial charge in [0.05, 0.1) is 7.11 Å². The van der Waals surface area contributed by atoms with Gasteiger partial charge in [0.25, 0.3) is 5.91 Å². The molecule has 0 spiro atoms. The van der Waals surface area contributed by atoms with Crippen LogP contribution in [-0.2, 0) is 0 Å². The SMILES string of the molecule is COc1c[nH]c(C(=O)NCC(c2ccccc2)c2c[nH]c3ccccc23)cc1=O. The van der Waals surface area contributed by atoms with E-state index in [9.17, 15) is 9.59 Å². The maximum Gasteiger partial charge on any atom is 0.267 e. The van der Waals surface area contributed by atoms with Crippen LogP contribution >= 0.6 is 0 Å². The monoisotopic (exact) mass is 387 g/mol. The number of amides is 1. The highest BCUT2D eigenvalue weighted by Crippen LogP contribution is 2.30. The number of aromatic nitrogens is 2. The Kier molecular flexibility index (Phi) is 5.16. The molecular formula is C23H21N3O3. The van der Waals surface area contributed by atoms with Crippen LogP contribution in [0.1, 0.15) is 27.5 Å². The number of benzene rings is 2. The topological polar surface area (TPSA) is 87.0 Å². The fourth-order valence-electron chi connectivity index (χ4n) is 3.51. The van der Waals surface area contributed by atoms with E-state index in [4.69, 9.17) is 4.74 Å². The summed E-state index contributed by atoms with van der Waals surface area (Å²) in [6.07, 6.45) is 3.38. The van der Waals surface area contributed by atoms with Crippen LogP contribution in [0, 0.1) is 0 Å². The van der Waals surface area contributed by atoms with Gasteiger partial charge in [-0.25, -0.2) is 0 Å². The molecule has 0 saturated heterocycles. The second-order valence-corrected chi connectivity index (χ2v) is 6.74. The highest BCUT2D eigenvalue weighted by atomic mass is 16.5. The minimum Gasteiger partial charge on any atom is -0.491 e. The number of nitrogens with one attached hydrogen (secondary N) is 3. The molecule has 6 heteroatoms. The standard InChI is InChI=1S/C23H21N3O3/c1-29-22-14-25-20(11-21(22)27)23(28)26-12-17(15-7-3-2-4-8-15)18-13-24-19-10-6-5-9-16(18)19/h2-11,13-14,17,24H,12H2,1H3,(H,25,27)(H,26,28). The van der Waals surface area contributed by atoms with Crippen LogP contribution in [-0.4, -0.2) is 29.5 Å². The number of rotatable bonds is 6. The van der Waals surface area contributed by atoms with Crippen LogP contribution in [0.15, 0.2) is 77.9 Å². The summed E-state index contributed by atoms with van der Waals surface area (Å²) >= 11 is 0. The molecule has 1 atom stereocenters. The summed E-state index contributed by atoms with van der Waals surface area (Å²) in [4.78, 5) is 30.7. The van der Waals surface area contributed by atoms with Crippen molar-refractivity contribution in [2.24, 2.45) is 0 Å². The summed E-state index contributed by atoms with van der Waals surface area (Å²) in [5.74, 6) is -0.214. The number of fused-ring (bicyclic) bond motifs is 1. The van der Waals surface area contributed by atoms with Gasteiger partial charge in [0.1, 0.15) is 5.69 Å². The first-order valence-corrected chi connectivity index (χ1v) is 9.33. The van der Waals surface area contributed by atoms with Crippen molar-refractivity contribution in [1.29, 1.82) is 0 Å². The third-order valence-corrected chi connectivity index (χ3v) is 5.01. The summed E-state index contributed by atoms with van der Waals surface area (Å²) < 4.78 is 4.95. The Bertz CT molecular complexity index is 1190. The molecule has 0 aliphatic carbocycles. The molecule has 1 unspecified atom stereocenters. The van der Waals surface area contributed by atoms with Crippen LogP contribution in [0.5, 0.6) is 5.75 Å². The van der Waals surface area contributed by atoms with Crippen molar-refractivity contribution in [3.8, 4) is 5.75 Å². The molecule has 0 bridgehead atoms. The van der Waals surface area contributed by atoms with Gasteiger partial charge in [0, 0.05) is 41.8 Å². The van der Waals surface area contributed by atoms with E-state index in [1.807, 2.05) is 54.7 Å². The number of carbonyl (C=O) groups excluding carboxylic acids is 1. The smallest absolute Gasteiger partial charge is 0.267 e. The fraction of sp³-hybridized carbons (Fsp3) is 0.130. The van der Waals surface area contributed by atoms with Crippen LogP contribution in [0.2, 0.25) is 0 Å². The Morgan fingerprint density at radius 2 is 1.79 bits per heavy atom. The summed E-state index contributed by atoms with van der Waals surface area (Å²) in [5, 5.41) is 4.07. The van der Waals surface area contributed by atoms with Crippen molar-refractivity contribution in [3.05, 3.63) is 100 Å². The molecule has 2 aromatic carbocycles. The average molecular weight is 387 g/mol. The van der Waals surface area contributed by atoms with Crippen molar-refractivity contribution < 1.29 is 9.53 Å². The van der Waals surface area contributed by atoms with Crippen LogP contribution in [0.4, 0.5) is 0 Å². The van der Waals surface area contributed by atoms with E-state index >= 15 is 0 Å². The number of aromatic amines is 2. The molecule has 146 valence electrons. The van der Waals surface area contributed by atoms with Crippen molar-refractivity contribution in [2.75, 3.05) is 13.7 Å². The Morgan fingerprint density at radius 1 is 1.03 bits per heavy atom.